The quantitative estimate of drug-likeness (QED) is 0.438. The van der Waals surface area contributed by atoms with Crippen molar-refractivity contribution in [3.8, 4) is 0 Å². The molecular formula is C30H38O5. The third-order valence-electron chi connectivity index (χ3n) is 10.4. The molecule has 35 heavy (non-hydrogen) atoms. The number of fused-ring (bicyclic) bond motifs is 3. The Kier molecular flexibility index (Phi) is 5.03. The molecule has 1 spiro atoms. The van der Waals surface area contributed by atoms with Crippen LogP contribution >= 0.6 is 0 Å². The molecule has 0 N–H and O–H groups in total. The molecule has 5 nitrogen and oxygen atoms in total. The van der Waals surface area contributed by atoms with Gasteiger partial charge in [-0.1, -0.05) is 76.1 Å². The molecule has 0 radical (unpaired) electrons. The largest absolute Gasteiger partial charge is 0.466 e. The summed E-state index contributed by atoms with van der Waals surface area (Å²) in [6.07, 6.45) is 9.18. The van der Waals surface area contributed by atoms with Crippen LogP contribution < -0.4 is 0 Å². The number of hydrogen-bond acceptors (Lipinski definition) is 5. The van der Waals surface area contributed by atoms with Gasteiger partial charge < -0.3 is 14.2 Å². The van der Waals surface area contributed by atoms with Crippen molar-refractivity contribution in [2.45, 2.75) is 71.0 Å². The molecular weight excluding hydrogens is 440 g/mol. The fraction of sp³-hybridized carbons (Fsp3) is 0.667. The van der Waals surface area contributed by atoms with Crippen LogP contribution in [0.1, 0.15) is 65.4 Å². The van der Waals surface area contributed by atoms with Gasteiger partial charge in [-0.2, -0.15) is 0 Å². The molecule has 1 saturated heterocycles. The normalized spacial score (nSPS) is 42.2. The summed E-state index contributed by atoms with van der Waals surface area (Å²) in [5, 5.41) is 0. The van der Waals surface area contributed by atoms with E-state index in [1.54, 1.807) is 6.92 Å². The van der Waals surface area contributed by atoms with E-state index in [9.17, 15) is 9.59 Å². The van der Waals surface area contributed by atoms with Gasteiger partial charge in [0.1, 0.15) is 5.78 Å². The maximum Gasteiger partial charge on any atom is 0.306 e. The molecule has 1 aromatic carbocycles. The SMILES string of the molecule is CCOC(=O)C[C@@H]1C(=O)[C@@H]2[C@H](C13OCC(C)(C)CO3)[C@]13C=C[C@]2(c2ccccc2)[C@@]1(C)CCCC3. The monoisotopic (exact) mass is 478 g/mol. The van der Waals surface area contributed by atoms with Gasteiger partial charge in [-0.3, -0.25) is 9.59 Å². The van der Waals surface area contributed by atoms with Crippen molar-refractivity contribution in [2.24, 2.45) is 34.0 Å². The van der Waals surface area contributed by atoms with Gasteiger partial charge in [-0.05, 0) is 30.7 Å². The van der Waals surface area contributed by atoms with E-state index in [0.717, 1.165) is 25.7 Å². The zero-order valence-corrected chi connectivity index (χ0v) is 21.5. The van der Waals surface area contributed by atoms with Crippen molar-refractivity contribution in [1.82, 2.24) is 0 Å². The molecule has 0 aromatic heterocycles. The van der Waals surface area contributed by atoms with Gasteiger partial charge in [-0.25, -0.2) is 0 Å². The molecule has 6 rings (SSSR count). The zero-order valence-electron chi connectivity index (χ0n) is 21.5. The zero-order chi connectivity index (χ0) is 24.7. The average Bonchev–Trinajstić information content (AvgIpc) is 3.34. The Morgan fingerprint density at radius 2 is 1.71 bits per heavy atom. The third kappa shape index (κ3) is 2.72. The summed E-state index contributed by atoms with van der Waals surface area (Å²) in [5.41, 5.74) is 0.329. The lowest BCUT2D eigenvalue weighted by Gasteiger charge is -2.55. The molecule has 1 heterocycles. The number of ketones is 1. The van der Waals surface area contributed by atoms with E-state index in [1.165, 1.54) is 5.56 Å². The van der Waals surface area contributed by atoms with Crippen molar-refractivity contribution in [1.29, 1.82) is 0 Å². The molecule has 4 aliphatic carbocycles. The Labute approximate surface area is 208 Å². The first-order chi connectivity index (χ1) is 16.7. The molecule has 5 heteroatoms. The topological polar surface area (TPSA) is 61.8 Å². The highest BCUT2D eigenvalue weighted by atomic mass is 16.7. The van der Waals surface area contributed by atoms with Crippen LogP contribution in [0.25, 0.3) is 0 Å². The van der Waals surface area contributed by atoms with Crippen molar-refractivity contribution < 1.29 is 23.8 Å². The van der Waals surface area contributed by atoms with Gasteiger partial charge in [0.2, 0.25) is 0 Å². The molecule has 5 aliphatic rings. The van der Waals surface area contributed by atoms with Crippen LogP contribution in [0, 0.1) is 34.0 Å². The van der Waals surface area contributed by atoms with Crippen LogP contribution in [0.3, 0.4) is 0 Å². The van der Waals surface area contributed by atoms with Crippen molar-refractivity contribution in [3.05, 3.63) is 48.0 Å². The predicted molar refractivity (Wildman–Crippen MR) is 131 cm³/mol. The van der Waals surface area contributed by atoms with Crippen LogP contribution in [0.15, 0.2) is 42.5 Å². The second-order valence-electron chi connectivity index (χ2n) is 12.5. The van der Waals surface area contributed by atoms with E-state index >= 15 is 0 Å². The number of allylic oxidation sites excluding steroid dienone is 2. The number of carbonyl (C=O) groups is 2. The second kappa shape index (κ2) is 7.52. The summed E-state index contributed by atoms with van der Waals surface area (Å²) in [4.78, 5) is 27.4. The minimum atomic E-state index is -1.09. The fourth-order valence-electron chi connectivity index (χ4n) is 8.97. The third-order valence-corrected chi connectivity index (χ3v) is 10.4. The first-order valence-electron chi connectivity index (χ1n) is 13.4. The number of esters is 1. The maximum atomic E-state index is 14.6. The first-order valence-corrected chi connectivity index (χ1v) is 13.4. The lowest BCUT2D eigenvalue weighted by molar-refractivity contribution is -0.344. The Bertz CT molecular complexity index is 1070. The van der Waals surface area contributed by atoms with Crippen LogP contribution in [-0.4, -0.2) is 37.4 Å². The van der Waals surface area contributed by atoms with Crippen molar-refractivity contribution in [2.75, 3.05) is 19.8 Å². The number of Topliss-reactive ketones (excluding diaryl/α,β-unsaturated/α-hetero) is 1. The summed E-state index contributed by atoms with van der Waals surface area (Å²) >= 11 is 0. The van der Waals surface area contributed by atoms with E-state index in [4.69, 9.17) is 14.2 Å². The average molecular weight is 479 g/mol. The molecule has 0 amide bonds. The Hall–Kier alpha value is -1.98. The molecule has 3 saturated carbocycles. The molecule has 1 aliphatic heterocycles. The number of rotatable bonds is 4. The Morgan fingerprint density at radius 3 is 2.40 bits per heavy atom. The summed E-state index contributed by atoms with van der Waals surface area (Å²) in [6.45, 7) is 9.79. The lowest BCUT2D eigenvalue weighted by atomic mass is 9.51. The molecule has 1 aromatic rings. The minimum absolute atomic E-state index is 0.0117. The molecule has 4 fully saturated rings. The highest BCUT2D eigenvalue weighted by Crippen LogP contribution is 2.82. The highest BCUT2D eigenvalue weighted by molar-refractivity contribution is 5.94. The standard InChI is InChI=1S/C30H38O5/c1-5-33-22(31)17-21-24(32)23-25(30(21)34-18-26(2,3)19-35-30)28-14-10-9-13-27(28,4)29(23,16-15-28)20-11-7-6-8-12-20/h6-8,11-12,15-16,21,23,25H,5,9-10,13-14,17-19H2,1-4H3/t21-,23-,25+,27+,28+,29-/m1/s1. The van der Waals surface area contributed by atoms with Gasteiger partial charge in [0, 0.05) is 28.1 Å². The summed E-state index contributed by atoms with van der Waals surface area (Å²) in [6, 6.07) is 10.6. The maximum absolute atomic E-state index is 14.6. The van der Waals surface area contributed by atoms with Crippen LogP contribution in [-0.2, 0) is 29.2 Å². The van der Waals surface area contributed by atoms with Gasteiger partial charge in [0.05, 0.1) is 32.2 Å². The van der Waals surface area contributed by atoms with E-state index < -0.39 is 17.1 Å². The predicted octanol–water partition coefficient (Wildman–Crippen LogP) is 5.23. The van der Waals surface area contributed by atoms with Gasteiger partial charge >= 0.3 is 5.97 Å². The first kappa shape index (κ1) is 23.4. The minimum Gasteiger partial charge on any atom is -0.466 e. The smallest absolute Gasteiger partial charge is 0.306 e. The Balaban J connectivity index is 1.56. The van der Waals surface area contributed by atoms with Gasteiger partial charge in [0.15, 0.2) is 5.79 Å². The molecule has 6 atom stereocenters. The van der Waals surface area contributed by atoms with Crippen molar-refractivity contribution in [3.63, 3.8) is 0 Å². The second-order valence-corrected chi connectivity index (χ2v) is 12.5. The molecule has 188 valence electrons. The van der Waals surface area contributed by atoms with E-state index in [2.05, 4.69) is 57.2 Å². The summed E-state index contributed by atoms with van der Waals surface area (Å²) < 4.78 is 18.8. The number of hydrogen-bond donors (Lipinski definition) is 0. The molecule has 2 bridgehead atoms. The fourth-order valence-corrected chi connectivity index (χ4v) is 8.97. The summed E-state index contributed by atoms with van der Waals surface area (Å²) in [5.74, 6) is -2.37. The van der Waals surface area contributed by atoms with Gasteiger partial charge in [-0.15, -0.1) is 0 Å². The van der Waals surface area contributed by atoms with E-state index in [-0.39, 0.29) is 46.3 Å². The molecule has 0 unspecified atom stereocenters. The van der Waals surface area contributed by atoms with E-state index in [1.807, 2.05) is 6.07 Å². The van der Waals surface area contributed by atoms with Gasteiger partial charge in [0.25, 0.3) is 0 Å². The number of benzene rings is 1. The summed E-state index contributed by atoms with van der Waals surface area (Å²) in [7, 11) is 0. The lowest BCUT2D eigenvalue weighted by Crippen LogP contribution is -2.59. The van der Waals surface area contributed by atoms with Crippen molar-refractivity contribution >= 4 is 11.8 Å². The number of carbonyl (C=O) groups excluding carboxylic acids is 2. The Morgan fingerprint density at radius 1 is 1.03 bits per heavy atom. The van der Waals surface area contributed by atoms with E-state index in [0.29, 0.717) is 19.8 Å². The number of ether oxygens (including phenoxy) is 3. The van der Waals surface area contributed by atoms with Crippen LogP contribution in [0.4, 0.5) is 0 Å². The van der Waals surface area contributed by atoms with Crippen LogP contribution in [0.5, 0.6) is 0 Å². The van der Waals surface area contributed by atoms with Crippen LogP contribution in [0.2, 0.25) is 0 Å². The highest BCUT2D eigenvalue weighted by Gasteiger charge is 2.85.